The van der Waals surface area contributed by atoms with E-state index in [1.165, 1.54) is 0 Å². The zero-order valence-electron chi connectivity index (χ0n) is 14.1. The minimum Gasteiger partial charge on any atom is -0.336 e. The molecule has 1 aromatic carbocycles. The van der Waals surface area contributed by atoms with Crippen molar-refractivity contribution in [1.82, 2.24) is 15.1 Å². The monoisotopic (exact) mass is 326 g/mol. The summed E-state index contributed by atoms with van der Waals surface area (Å²) in [6.07, 6.45) is 2.11. The fourth-order valence-electron chi connectivity index (χ4n) is 2.69. The van der Waals surface area contributed by atoms with Gasteiger partial charge in [-0.15, -0.1) is 0 Å². The minimum absolute atomic E-state index is 0.113. The topological polar surface area (TPSA) is 89.8 Å². The summed E-state index contributed by atoms with van der Waals surface area (Å²) in [6.45, 7) is 4.98. The van der Waals surface area contributed by atoms with Crippen LogP contribution in [0.1, 0.15) is 43.6 Å². The molecular weight excluding hydrogens is 304 g/mol. The molecule has 0 aliphatic carbocycles. The number of nitrogens with zero attached hydrogens (tertiary/aromatic N) is 3. The highest BCUT2D eigenvalue weighted by molar-refractivity contribution is 5.95. The Morgan fingerprint density at radius 2 is 2.04 bits per heavy atom. The number of H-pyrrole nitrogens is 1. The summed E-state index contributed by atoms with van der Waals surface area (Å²) >= 11 is 0. The molecule has 0 radical (unpaired) electrons. The Bertz CT molecular complexity index is 803. The van der Waals surface area contributed by atoms with Crippen molar-refractivity contribution in [2.45, 2.75) is 33.1 Å². The highest BCUT2D eigenvalue weighted by Gasteiger charge is 2.23. The second-order valence-corrected chi connectivity index (χ2v) is 5.79. The van der Waals surface area contributed by atoms with Gasteiger partial charge in [0, 0.05) is 18.5 Å². The van der Waals surface area contributed by atoms with Gasteiger partial charge >= 0.3 is 0 Å². The van der Waals surface area contributed by atoms with E-state index in [1.807, 2.05) is 0 Å². The first kappa shape index (κ1) is 17.7. The van der Waals surface area contributed by atoms with Crippen molar-refractivity contribution in [2.75, 3.05) is 13.1 Å². The second kappa shape index (κ2) is 8.25. The fourth-order valence-corrected chi connectivity index (χ4v) is 2.69. The van der Waals surface area contributed by atoms with E-state index in [2.05, 4.69) is 30.1 Å². The number of benzene rings is 1. The van der Waals surface area contributed by atoms with Gasteiger partial charge in [0.15, 0.2) is 5.69 Å². The lowest BCUT2D eigenvalue weighted by atomic mass is 10.0. The summed E-state index contributed by atoms with van der Waals surface area (Å²) in [5.74, 6) is -0.0728. The van der Waals surface area contributed by atoms with Crippen LogP contribution in [-0.4, -0.2) is 34.1 Å². The van der Waals surface area contributed by atoms with Gasteiger partial charge in [0.25, 0.3) is 5.91 Å². The third-order valence-corrected chi connectivity index (χ3v) is 4.29. The van der Waals surface area contributed by atoms with Crippen molar-refractivity contribution in [3.63, 3.8) is 0 Å². The van der Waals surface area contributed by atoms with Crippen LogP contribution in [0.2, 0.25) is 0 Å². The molecule has 0 fully saturated rings. The van der Waals surface area contributed by atoms with E-state index in [0.717, 1.165) is 12.8 Å². The minimum atomic E-state index is -0.413. The van der Waals surface area contributed by atoms with Crippen LogP contribution in [0, 0.1) is 17.2 Å². The first-order chi connectivity index (χ1) is 11.6. The highest BCUT2D eigenvalue weighted by Crippen LogP contribution is 2.13. The molecule has 1 heterocycles. The largest absolute Gasteiger partial charge is 0.336 e. The SMILES string of the molecule is CCC(CC)CN(CCC#N)C(=O)c1n[nH]c2ccccc2c1=O. The molecule has 2 aromatic rings. The lowest BCUT2D eigenvalue weighted by molar-refractivity contribution is 0.0720. The van der Waals surface area contributed by atoms with Crippen molar-refractivity contribution in [3.05, 3.63) is 40.2 Å². The van der Waals surface area contributed by atoms with Crippen LogP contribution in [-0.2, 0) is 0 Å². The van der Waals surface area contributed by atoms with Gasteiger partial charge in [-0.25, -0.2) is 0 Å². The van der Waals surface area contributed by atoms with Crippen molar-refractivity contribution in [2.24, 2.45) is 5.92 Å². The molecule has 0 spiro atoms. The number of fused-ring (bicyclic) bond motifs is 1. The predicted octanol–water partition coefficient (Wildman–Crippen LogP) is 2.72. The van der Waals surface area contributed by atoms with Gasteiger partial charge in [-0.3, -0.25) is 14.7 Å². The third kappa shape index (κ3) is 3.80. The lowest BCUT2D eigenvalue weighted by Crippen LogP contribution is -2.39. The van der Waals surface area contributed by atoms with E-state index in [-0.39, 0.29) is 17.5 Å². The molecule has 0 saturated carbocycles. The van der Waals surface area contributed by atoms with Crippen molar-refractivity contribution in [1.29, 1.82) is 5.26 Å². The Morgan fingerprint density at radius 1 is 1.33 bits per heavy atom. The molecule has 1 N–H and O–H groups in total. The molecule has 1 aromatic heterocycles. The van der Waals surface area contributed by atoms with Gasteiger partial charge in [0.2, 0.25) is 5.43 Å². The normalized spacial score (nSPS) is 10.8. The van der Waals surface area contributed by atoms with Crippen LogP contribution in [0.25, 0.3) is 10.9 Å². The number of hydrogen-bond acceptors (Lipinski definition) is 4. The van der Waals surface area contributed by atoms with Gasteiger partial charge in [0.05, 0.1) is 18.0 Å². The first-order valence-corrected chi connectivity index (χ1v) is 8.25. The van der Waals surface area contributed by atoms with Gasteiger partial charge in [0.1, 0.15) is 0 Å². The summed E-state index contributed by atoms with van der Waals surface area (Å²) in [6, 6.07) is 9.03. The number of para-hydroxylation sites is 1. The number of hydrogen-bond donors (Lipinski definition) is 1. The molecule has 0 bridgehead atoms. The Kier molecular flexibility index (Phi) is 6.07. The summed E-state index contributed by atoms with van der Waals surface area (Å²) in [4.78, 5) is 27.0. The van der Waals surface area contributed by atoms with Crippen LogP contribution >= 0.6 is 0 Å². The number of carbonyl (C=O) groups excluding carboxylic acids is 1. The van der Waals surface area contributed by atoms with Crippen LogP contribution < -0.4 is 5.43 Å². The molecule has 1 amide bonds. The Hall–Kier alpha value is -2.68. The van der Waals surface area contributed by atoms with Crippen molar-refractivity contribution < 1.29 is 4.79 Å². The highest BCUT2D eigenvalue weighted by atomic mass is 16.2. The molecule has 24 heavy (non-hydrogen) atoms. The lowest BCUT2D eigenvalue weighted by Gasteiger charge is -2.25. The van der Waals surface area contributed by atoms with Crippen LogP contribution in [0.4, 0.5) is 0 Å². The number of rotatable bonds is 7. The second-order valence-electron chi connectivity index (χ2n) is 5.79. The molecule has 2 rings (SSSR count). The quantitative estimate of drug-likeness (QED) is 0.847. The molecular formula is C18H22N4O2. The zero-order valence-corrected chi connectivity index (χ0v) is 14.1. The van der Waals surface area contributed by atoms with E-state index in [4.69, 9.17) is 5.26 Å². The number of aromatic amines is 1. The first-order valence-electron chi connectivity index (χ1n) is 8.25. The van der Waals surface area contributed by atoms with E-state index in [0.29, 0.717) is 29.9 Å². The van der Waals surface area contributed by atoms with E-state index in [9.17, 15) is 9.59 Å². The fraction of sp³-hybridized carbons (Fsp3) is 0.444. The Morgan fingerprint density at radius 3 is 2.71 bits per heavy atom. The van der Waals surface area contributed by atoms with Crippen LogP contribution in [0.5, 0.6) is 0 Å². The van der Waals surface area contributed by atoms with E-state index < -0.39 is 5.91 Å². The molecule has 6 nitrogen and oxygen atoms in total. The molecule has 0 aliphatic heterocycles. The van der Waals surface area contributed by atoms with Crippen LogP contribution in [0.15, 0.2) is 29.1 Å². The maximum atomic E-state index is 12.8. The van der Waals surface area contributed by atoms with Crippen molar-refractivity contribution >= 4 is 16.8 Å². The van der Waals surface area contributed by atoms with Gasteiger partial charge < -0.3 is 4.90 Å². The average Bonchev–Trinajstić information content (AvgIpc) is 2.62. The molecule has 0 saturated heterocycles. The summed E-state index contributed by atoms with van der Waals surface area (Å²) in [5.41, 5.74) is 0.112. The zero-order chi connectivity index (χ0) is 17.5. The van der Waals surface area contributed by atoms with E-state index in [1.54, 1.807) is 29.2 Å². The molecule has 6 heteroatoms. The summed E-state index contributed by atoms with van der Waals surface area (Å²) < 4.78 is 0. The number of amides is 1. The van der Waals surface area contributed by atoms with Gasteiger partial charge in [-0.05, 0) is 18.1 Å². The summed E-state index contributed by atoms with van der Waals surface area (Å²) in [5, 5.41) is 16.0. The maximum Gasteiger partial charge on any atom is 0.278 e. The summed E-state index contributed by atoms with van der Waals surface area (Å²) in [7, 11) is 0. The van der Waals surface area contributed by atoms with E-state index >= 15 is 0 Å². The Labute approximate surface area is 141 Å². The van der Waals surface area contributed by atoms with Gasteiger partial charge in [-0.1, -0.05) is 38.8 Å². The molecule has 126 valence electrons. The average molecular weight is 326 g/mol. The van der Waals surface area contributed by atoms with Gasteiger partial charge in [-0.2, -0.15) is 10.4 Å². The van der Waals surface area contributed by atoms with Crippen molar-refractivity contribution in [3.8, 4) is 6.07 Å². The maximum absolute atomic E-state index is 12.8. The molecule has 0 unspecified atom stereocenters. The molecule has 0 atom stereocenters. The smallest absolute Gasteiger partial charge is 0.278 e. The number of nitrogens with one attached hydrogen (secondary N) is 1. The van der Waals surface area contributed by atoms with Crippen LogP contribution in [0.3, 0.4) is 0 Å². The number of carbonyl (C=O) groups is 1. The predicted molar refractivity (Wildman–Crippen MR) is 92.6 cm³/mol. The third-order valence-electron chi connectivity index (χ3n) is 4.29. The standard InChI is InChI=1S/C18H22N4O2/c1-3-13(4-2)12-22(11-7-10-19)18(24)16-17(23)14-8-5-6-9-15(14)20-21-16/h5-6,8-9,13H,3-4,7,11-12H2,1-2H3,(H,20,23). The number of nitriles is 1. The number of aromatic nitrogens is 2. The Balaban J connectivity index is 2.36. The molecule has 0 aliphatic rings.